The van der Waals surface area contributed by atoms with Crippen molar-refractivity contribution in [3.05, 3.63) is 65.2 Å². The van der Waals surface area contributed by atoms with Crippen molar-refractivity contribution >= 4 is 35.2 Å². The molecule has 0 bridgehead atoms. The summed E-state index contributed by atoms with van der Waals surface area (Å²) in [6.07, 6.45) is 0.334. The fourth-order valence-electron chi connectivity index (χ4n) is 3.43. The van der Waals surface area contributed by atoms with Crippen molar-refractivity contribution < 1.29 is 28.7 Å². The van der Waals surface area contributed by atoms with Gasteiger partial charge in [0.1, 0.15) is 6.04 Å². The first-order chi connectivity index (χ1) is 15.2. The van der Waals surface area contributed by atoms with E-state index in [2.05, 4.69) is 5.32 Å². The van der Waals surface area contributed by atoms with Gasteiger partial charge in [0.25, 0.3) is 11.8 Å². The van der Waals surface area contributed by atoms with Crippen LogP contribution >= 0.6 is 0 Å². The van der Waals surface area contributed by atoms with Gasteiger partial charge >= 0.3 is 5.97 Å². The second-order valence-corrected chi connectivity index (χ2v) is 7.72. The summed E-state index contributed by atoms with van der Waals surface area (Å²) in [6, 6.07) is 11.4. The van der Waals surface area contributed by atoms with Gasteiger partial charge in [0.2, 0.25) is 5.91 Å². The van der Waals surface area contributed by atoms with Crippen LogP contribution in [0.1, 0.15) is 58.3 Å². The maximum Gasteiger partial charge on any atom is 0.330 e. The van der Waals surface area contributed by atoms with Crippen LogP contribution in [0.2, 0.25) is 0 Å². The number of carbonyl (C=O) groups excluding carboxylic acids is 5. The third-order valence-electron chi connectivity index (χ3n) is 5.13. The number of carbonyl (C=O) groups is 5. The molecule has 3 amide bonds. The van der Waals surface area contributed by atoms with E-state index in [0.29, 0.717) is 17.7 Å². The van der Waals surface area contributed by atoms with E-state index in [-0.39, 0.29) is 17.0 Å². The van der Waals surface area contributed by atoms with Crippen LogP contribution in [0.4, 0.5) is 5.69 Å². The van der Waals surface area contributed by atoms with Crippen molar-refractivity contribution in [1.82, 2.24) is 4.90 Å². The predicted octanol–water partition coefficient (Wildman–Crippen LogP) is 3.08. The zero-order valence-electron chi connectivity index (χ0n) is 18.1. The van der Waals surface area contributed by atoms with Crippen molar-refractivity contribution in [3.8, 4) is 0 Å². The zero-order chi connectivity index (χ0) is 23.4. The number of ketones is 1. The maximum absolute atomic E-state index is 12.8. The van der Waals surface area contributed by atoms with Crippen LogP contribution in [-0.4, -0.2) is 47.0 Å². The highest BCUT2D eigenvalue weighted by molar-refractivity contribution is 6.22. The number of rotatable bonds is 8. The number of hydrogen-bond donors (Lipinski definition) is 1. The molecule has 0 aromatic heterocycles. The number of amides is 3. The number of fused-ring (bicyclic) bond motifs is 1. The van der Waals surface area contributed by atoms with Gasteiger partial charge in [0.15, 0.2) is 12.4 Å². The molecular weight excluding hydrogens is 412 g/mol. The number of hydrogen-bond acceptors (Lipinski definition) is 6. The maximum atomic E-state index is 12.8. The molecule has 0 aliphatic carbocycles. The van der Waals surface area contributed by atoms with E-state index in [1.54, 1.807) is 45.0 Å². The Bertz CT molecular complexity index is 1040. The van der Waals surface area contributed by atoms with Gasteiger partial charge in [-0.25, -0.2) is 4.79 Å². The minimum Gasteiger partial charge on any atom is -0.456 e. The van der Waals surface area contributed by atoms with E-state index in [4.69, 9.17) is 4.74 Å². The predicted molar refractivity (Wildman–Crippen MR) is 116 cm³/mol. The van der Waals surface area contributed by atoms with Crippen LogP contribution < -0.4 is 5.32 Å². The average molecular weight is 436 g/mol. The van der Waals surface area contributed by atoms with Crippen molar-refractivity contribution in [3.63, 3.8) is 0 Å². The highest BCUT2D eigenvalue weighted by Gasteiger charge is 2.44. The Morgan fingerprint density at radius 1 is 0.938 bits per heavy atom. The largest absolute Gasteiger partial charge is 0.456 e. The number of Topliss-reactive ketones (excluding diaryl/α,β-unsaturated/α-hetero) is 1. The van der Waals surface area contributed by atoms with Gasteiger partial charge in [0.05, 0.1) is 11.1 Å². The van der Waals surface area contributed by atoms with Gasteiger partial charge in [-0.15, -0.1) is 0 Å². The number of ether oxygens (including phenoxy) is 1. The molecule has 1 atom stereocenters. The highest BCUT2D eigenvalue weighted by Crippen LogP contribution is 2.27. The van der Waals surface area contributed by atoms with E-state index >= 15 is 0 Å². The minimum atomic E-state index is -1.15. The molecule has 1 aliphatic rings. The van der Waals surface area contributed by atoms with Gasteiger partial charge in [-0.3, -0.25) is 24.1 Å². The number of nitrogens with zero attached hydrogens (tertiary/aromatic N) is 1. The molecule has 1 aliphatic heterocycles. The van der Waals surface area contributed by atoms with E-state index in [1.165, 1.54) is 24.3 Å². The van der Waals surface area contributed by atoms with E-state index in [1.807, 2.05) is 0 Å². The molecule has 0 fully saturated rings. The van der Waals surface area contributed by atoms with E-state index in [0.717, 1.165) is 4.90 Å². The Hall–Kier alpha value is -3.81. The van der Waals surface area contributed by atoms with Crippen LogP contribution in [0.3, 0.4) is 0 Å². The molecule has 2 aromatic rings. The van der Waals surface area contributed by atoms with Gasteiger partial charge in [-0.1, -0.05) is 32.9 Å². The fourth-order valence-corrected chi connectivity index (χ4v) is 3.43. The molecule has 166 valence electrons. The zero-order valence-corrected chi connectivity index (χ0v) is 18.1. The standard InChI is InChI=1S/C24H24N2O6/c1-4-20(28)25-16-11-9-15(10-12-16)19(27)13-32-24(31)21(14(2)3)26-22(29)17-7-5-6-8-18(17)23(26)30/h5-12,14,21H,4,13H2,1-3H3,(H,25,28)/t21-/m1/s1. The smallest absolute Gasteiger partial charge is 0.330 e. The third kappa shape index (κ3) is 4.59. The summed E-state index contributed by atoms with van der Waals surface area (Å²) in [5.74, 6) is -2.95. The molecule has 1 N–H and O–H groups in total. The number of nitrogens with one attached hydrogen (secondary N) is 1. The quantitative estimate of drug-likeness (QED) is 0.387. The van der Waals surface area contributed by atoms with Crippen LogP contribution in [0.25, 0.3) is 0 Å². The monoisotopic (exact) mass is 436 g/mol. The summed E-state index contributed by atoms with van der Waals surface area (Å²) in [5.41, 5.74) is 1.33. The molecule has 0 radical (unpaired) electrons. The van der Waals surface area contributed by atoms with Crippen LogP contribution in [-0.2, 0) is 14.3 Å². The summed E-state index contributed by atoms with van der Waals surface area (Å²) >= 11 is 0. The molecular formula is C24H24N2O6. The second-order valence-electron chi connectivity index (χ2n) is 7.72. The van der Waals surface area contributed by atoms with Crippen molar-refractivity contribution in [2.24, 2.45) is 5.92 Å². The van der Waals surface area contributed by atoms with Gasteiger partial charge in [-0.2, -0.15) is 0 Å². The number of anilines is 1. The molecule has 0 unspecified atom stereocenters. The normalized spacial score (nSPS) is 13.7. The van der Waals surface area contributed by atoms with Crippen molar-refractivity contribution in [2.45, 2.75) is 33.2 Å². The highest BCUT2D eigenvalue weighted by atomic mass is 16.5. The van der Waals surface area contributed by atoms with Crippen LogP contribution in [0, 0.1) is 5.92 Å². The Labute approximate surface area is 185 Å². The molecule has 2 aromatic carbocycles. The van der Waals surface area contributed by atoms with Crippen molar-refractivity contribution in [2.75, 3.05) is 11.9 Å². The van der Waals surface area contributed by atoms with Crippen molar-refractivity contribution in [1.29, 1.82) is 0 Å². The fraction of sp³-hybridized carbons (Fsp3) is 0.292. The van der Waals surface area contributed by atoms with Gasteiger partial charge < -0.3 is 10.1 Å². The summed E-state index contributed by atoms with van der Waals surface area (Å²) < 4.78 is 5.20. The van der Waals surface area contributed by atoms with E-state index in [9.17, 15) is 24.0 Å². The third-order valence-corrected chi connectivity index (χ3v) is 5.13. The lowest BCUT2D eigenvalue weighted by Crippen LogP contribution is -2.49. The van der Waals surface area contributed by atoms with Crippen LogP contribution in [0.5, 0.6) is 0 Å². The minimum absolute atomic E-state index is 0.147. The number of esters is 1. The first kappa shape index (κ1) is 22.9. The SMILES string of the molecule is CCC(=O)Nc1ccc(C(=O)COC(=O)[C@@H](C(C)C)N2C(=O)c3ccccc3C2=O)cc1. The first-order valence-electron chi connectivity index (χ1n) is 10.3. The summed E-state index contributed by atoms with van der Waals surface area (Å²) in [4.78, 5) is 63.1. The molecule has 0 saturated heterocycles. The van der Waals surface area contributed by atoms with Gasteiger partial charge in [-0.05, 0) is 42.3 Å². The Balaban J connectivity index is 1.67. The molecule has 3 rings (SSSR count). The molecule has 0 saturated carbocycles. The molecule has 32 heavy (non-hydrogen) atoms. The Morgan fingerprint density at radius 3 is 2.00 bits per heavy atom. The first-order valence-corrected chi connectivity index (χ1v) is 10.3. The Kier molecular flexibility index (Phi) is 6.82. The lowest BCUT2D eigenvalue weighted by atomic mass is 10.0. The Morgan fingerprint density at radius 2 is 1.50 bits per heavy atom. The lowest BCUT2D eigenvalue weighted by Gasteiger charge is -2.27. The number of benzene rings is 2. The lowest BCUT2D eigenvalue weighted by molar-refractivity contribution is -0.148. The van der Waals surface area contributed by atoms with Gasteiger partial charge in [0, 0.05) is 17.7 Å². The summed E-state index contributed by atoms with van der Waals surface area (Å²) in [7, 11) is 0. The average Bonchev–Trinajstić information content (AvgIpc) is 3.03. The summed E-state index contributed by atoms with van der Waals surface area (Å²) in [6.45, 7) is 4.58. The second kappa shape index (κ2) is 9.55. The molecule has 8 nitrogen and oxygen atoms in total. The summed E-state index contributed by atoms with van der Waals surface area (Å²) in [5, 5.41) is 2.68. The molecule has 8 heteroatoms. The topological polar surface area (TPSA) is 110 Å². The van der Waals surface area contributed by atoms with E-state index < -0.39 is 42.1 Å². The molecule has 1 heterocycles. The number of imide groups is 1. The van der Waals surface area contributed by atoms with Crippen LogP contribution in [0.15, 0.2) is 48.5 Å². The molecule has 0 spiro atoms.